The molecule has 1 aliphatic rings. The van der Waals surface area contributed by atoms with Crippen molar-refractivity contribution < 1.29 is 23.8 Å². The van der Waals surface area contributed by atoms with Crippen molar-refractivity contribution in [2.24, 2.45) is 17.6 Å². The molecule has 0 radical (unpaired) electrons. The molecular formula is C28H42N4O5. The third kappa shape index (κ3) is 11.8. The maximum Gasteiger partial charge on any atom is 0.308 e. The number of ketones is 1. The Morgan fingerprint density at radius 1 is 1.14 bits per heavy atom. The van der Waals surface area contributed by atoms with Gasteiger partial charge in [-0.2, -0.15) is 4.98 Å². The van der Waals surface area contributed by atoms with Gasteiger partial charge in [0.05, 0.1) is 39.1 Å². The van der Waals surface area contributed by atoms with E-state index in [4.69, 9.17) is 15.2 Å². The summed E-state index contributed by atoms with van der Waals surface area (Å²) in [6.45, 7) is 11.6. The number of carbonyl (C=O) groups is 2. The van der Waals surface area contributed by atoms with Crippen molar-refractivity contribution in [1.29, 1.82) is 0 Å². The van der Waals surface area contributed by atoms with E-state index in [0.717, 1.165) is 12.8 Å². The number of aromatic nitrogens is 2. The van der Waals surface area contributed by atoms with Crippen molar-refractivity contribution in [1.82, 2.24) is 9.97 Å². The number of nitrogens with two attached hydrogens (primary N) is 1. The van der Waals surface area contributed by atoms with Crippen LogP contribution in [0.25, 0.3) is 0 Å². The quantitative estimate of drug-likeness (QED) is 0.180. The number of methoxy groups -OCH3 is 2. The maximum absolute atomic E-state index is 12.7. The topological polar surface area (TPSA) is 126 Å². The van der Waals surface area contributed by atoms with E-state index in [0.29, 0.717) is 41.3 Å². The van der Waals surface area contributed by atoms with Crippen LogP contribution in [0.15, 0.2) is 59.9 Å². The Hall–Kier alpha value is -3.62. The number of Topliss-reactive ketones (excluding diaryl/α,β-unsaturated/α-hetero) is 1. The van der Waals surface area contributed by atoms with Gasteiger partial charge < -0.3 is 25.3 Å². The maximum atomic E-state index is 12.7. The van der Waals surface area contributed by atoms with Gasteiger partial charge in [-0.3, -0.25) is 14.6 Å². The van der Waals surface area contributed by atoms with Gasteiger partial charge in [0.25, 0.3) is 0 Å². The number of esters is 1. The summed E-state index contributed by atoms with van der Waals surface area (Å²) in [5, 5.41) is 2.94. The molecule has 1 heterocycles. The molecule has 1 aliphatic carbocycles. The Labute approximate surface area is 220 Å². The minimum absolute atomic E-state index is 0.0142. The van der Waals surface area contributed by atoms with Crippen LogP contribution in [-0.4, -0.2) is 42.5 Å². The number of nitrogens with one attached hydrogen (secondary N) is 1. The third-order valence-corrected chi connectivity index (χ3v) is 5.48. The first-order valence-corrected chi connectivity index (χ1v) is 12.5. The Morgan fingerprint density at radius 3 is 2.35 bits per heavy atom. The SMILES string of the molecule is C=C/C(=C\C=C(/C)C(=O)/C(Nc1cncc(OCC(C)C)n1)=C(/C)N)OC.COC(=O)C1CCCCC1. The van der Waals surface area contributed by atoms with Crippen molar-refractivity contribution in [3.05, 3.63) is 59.9 Å². The van der Waals surface area contributed by atoms with Gasteiger partial charge in [-0.1, -0.05) is 45.8 Å². The fourth-order valence-corrected chi connectivity index (χ4v) is 3.40. The molecule has 0 aliphatic heterocycles. The highest BCUT2D eigenvalue weighted by Gasteiger charge is 2.21. The van der Waals surface area contributed by atoms with Crippen molar-refractivity contribution in [3.8, 4) is 5.88 Å². The number of nitrogens with zero attached hydrogens (tertiary/aromatic N) is 2. The standard InChI is InChI=1S/C20H28N4O3.C8H14O2/c1-7-16(26-6)9-8-14(4)20(25)19(15(5)21)24-17-10-22-11-18(23-17)27-12-13(2)3;1-10-8(9)7-5-3-2-4-6-7/h7-11,13H,1,12,21H2,2-6H3,(H,23,24);7H,2-6H2,1H3/b14-8+,16-9+,19-15+;. The molecule has 9 heteroatoms. The van der Waals surface area contributed by atoms with Crippen LogP contribution in [0, 0.1) is 11.8 Å². The molecule has 0 bridgehead atoms. The lowest BCUT2D eigenvalue weighted by molar-refractivity contribution is -0.146. The largest absolute Gasteiger partial charge is 0.497 e. The van der Waals surface area contributed by atoms with Crippen LogP contribution < -0.4 is 15.8 Å². The highest BCUT2D eigenvalue weighted by Crippen LogP contribution is 2.24. The fraction of sp³-hybridized carbons (Fsp3) is 0.500. The summed E-state index contributed by atoms with van der Waals surface area (Å²) in [6.07, 6.45) is 13.6. The van der Waals surface area contributed by atoms with Crippen molar-refractivity contribution in [3.63, 3.8) is 0 Å². The Balaban J connectivity index is 0.000000568. The highest BCUT2D eigenvalue weighted by molar-refractivity contribution is 6.10. The fourth-order valence-electron chi connectivity index (χ4n) is 3.40. The van der Waals surface area contributed by atoms with Crippen LogP contribution in [0.1, 0.15) is 59.8 Å². The van der Waals surface area contributed by atoms with Gasteiger partial charge in [0.15, 0.2) is 5.82 Å². The molecule has 2 rings (SSSR count). The zero-order valence-corrected chi connectivity index (χ0v) is 23.0. The number of carbonyl (C=O) groups excluding carboxylic acids is 2. The van der Waals surface area contributed by atoms with Gasteiger partial charge in [0.2, 0.25) is 11.7 Å². The van der Waals surface area contributed by atoms with Crippen LogP contribution in [0.3, 0.4) is 0 Å². The average molecular weight is 515 g/mol. The number of ether oxygens (including phenoxy) is 3. The van der Waals surface area contributed by atoms with Gasteiger partial charge in [0.1, 0.15) is 11.5 Å². The molecule has 0 atom stereocenters. The van der Waals surface area contributed by atoms with Gasteiger partial charge in [-0.15, -0.1) is 0 Å². The van der Waals surface area contributed by atoms with Crippen LogP contribution in [-0.2, 0) is 19.1 Å². The van der Waals surface area contributed by atoms with Crippen LogP contribution in [0.2, 0.25) is 0 Å². The predicted octanol–water partition coefficient (Wildman–Crippen LogP) is 5.08. The van der Waals surface area contributed by atoms with Gasteiger partial charge in [-0.05, 0) is 50.3 Å². The van der Waals surface area contributed by atoms with Crippen LogP contribution in [0.4, 0.5) is 5.82 Å². The van der Waals surface area contributed by atoms with E-state index in [1.165, 1.54) is 45.9 Å². The van der Waals surface area contributed by atoms with E-state index >= 15 is 0 Å². The minimum Gasteiger partial charge on any atom is -0.497 e. The number of hydrogen-bond acceptors (Lipinski definition) is 9. The summed E-state index contributed by atoms with van der Waals surface area (Å²) < 4.78 is 15.3. The lowest BCUT2D eigenvalue weighted by atomic mass is 9.89. The van der Waals surface area contributed by atoms with E-state index in [1.54, 1.807) is 32.1 Å². The Kier molecular flexibility index (Phi) is 14.4. The summed E-state index contributed by atoms with van der Waals surface area (Å²) in [5.74, 6) is 1.59. The summed E-state index contributed by atoms with van der Waals surface area (Å²) in [7, 11) is 3.00. The van der Waals surface area contributed by atoms with Crippen molar-refractivity contribution in [2.45, 2.75) is 59.8 Å². The van der Waals surface area contributed by atoms with Crippen LogP contribution >= 0.6 is 0 Å². The highest BCUT2D eigenvalue weighted by atomic mass is 16.5. The average Bonchev–Trinajstić information content (AvgIpc) is 2.91. The molecule has 3 N–H and O–H groups in total. The zero-order valence-electron chi connectivity index (χ0n) is 23.0. The number of rotatable bonds is 11. The summed E-state index contributed by atoms with van der Waals surface area (Å²) in [6, 6.07) is 0. The zero-order chi connectivity index (χ0) is 27.8. The van der Waals surface area contributed by atoms with Gasteiger partial charge in [0, 0.05) is 5.70 Å². The Bertz CT molecular complexity index is 988. The molecular weight excluding hydrogens is 472 g/mol. The summed E-state index contributed by atoms with van der Waals surface area (Å²) in [4.78, 5) is 32.1. The van der Waals surface area contributed by atoms with E-state index in [2.05, 4.69) is 26.6 Å². The molecule has 37 heavy (non-hydrogen) atoms. The molecule has 0 saturated heterocycles. The second kappa shape index (κ2) is 16.9. The van der Waals surface area contributed by atoms with Gasteiger partial charge in [-0.25, -0.2) is 0 Å². The lowest BCUT2D eigenvalue weighted by Gasteiger charge is -2.18. The second-order valence-electron chi connectivity index (χ2n) is 9.14. The predicted molar refractivity (Wildman–Crippen MR) is 146 cm³/mol. The summed E-state index contributed by atoms with van der Waals surface area (Å²) >= 11 is 0. The molecule has 1 aromatic rings. The molecule has 1 fully saturated rings. The molecule has 204 valence electrons. The molecule has 1 saturated carbocycles. The van der Waals surface area contributed by atoms with Crippen LogP contribution in [0.5, 0.6) is 5.88 Å². The van der Waals surface area contributed by atoms with Crippen molar-refractivity contribution >= 4 is 17.6 Å². The molecule has 1 aromatic heterocycles. The first-order chi connectivity index (χ1) is 17.6. The first kappa shape index (κ1) is 31.4. The van der Waals surface area contributed by atoms with E-state index in [9.17, 15) is 9.59 Å². The smallest absolute Gasteiger partial charge is 0.308 e. The van der Waals surface area contributed by atoms with Crippen molar-refractivity contribution in [2.75, 3.05) is 26.1 Å². The summed E-state index contributed by atoms with van der Waals surface area (Å²) in [5.41, 5.74) is 6.94. The minimum atomic E-state index is -0.263. The number of anilines is 1. The Morgan fingerprint density at radius 2 is 1.81 bits per heavy atom. The van der Waals surface area contributed by atoms with E-state index in [1.807, 2.05) is 13.8 Å². The first-order valence-electron chi connectivity index (χ1n) is 12.5. The molecule has 0 amide bonds. The third-order valence-electron chi connectivity index (χ3n) is 5.48. The molecule has 0 unspecified atom stereocenters. The second-order valence-corrected chi connectivity index (χ2v) is 9.14. The normalized spacial score (nSPS) is 15.1. The van der Waals surface area contributed by atoms with E-state index in [-0.39, 0.29) is 23.4 Å². The molecule has 9 nitrogen and oxygen atoms in total. The molecule has 0 spiro atoms. The molecule has 0 aromatic carbocycles. The van der Waals surface area contributed by atoms with E-state index < -0.39 is 0 Å². The monoisotopic (exact) mass is 514 g/mol. The lowest BCUT2D eigenvalue weighted by Crippen LogP contribution is -2.18. The number of hydrogen-bond donors (Lipinski definition) is 2. The van der Waals surface area contributed by atoms with Gasteiger partial charge >= 0.3 is 5.97 Å². The number of allylic oxidation sites excluding steroid dienone is 5.